The average molecular weight is 361 g/mol. The van der Waals surface area contributed by atoms with Crippen LogP contribution >= 0.6 is 15.9 Å². The van der Waals surface area contributed by atoms with Crippen LogP contribution in [0.15, 0.2) is 40.9 Å². The molecule has 112 valence electrons. The maximum atomic E-state index is 12.4. The highest BCUT2D eigenvalue weighted by molar-refractivity contribution is 9.10. The summed E-state index contributed by atoms with van der Waals surface area (Å²) in [6.07, 6.45) is -4.76. The standard InChI is InChI=1S/C14H12BrF3N2O/c1-8-10(19)3-2-4-11(8)20-12-6-5-9(15)7-13(12)21-14(16,17)18/h2-7,20H,19H2,1H3. The van der Waals surface area contributed by atoms with E-state index in [-0.39, 0.29) is 11.4 Å². The van der Waals surface area contributed by atoms with E-state index in [1.807, 2.05) is 0 Å². The van der Waals surface area contributed by atoms with Crippen LogP contribution in [0.3, 0.4) is 0 Å². The van der Waals surface area contributed by atoms with E-state index >= 15 is 0 Å². The van der Waals surface area contributed by atoms with Crippen molar-refractivity contribution in [1.82, 2.24) is 0 Å². The predicted molar refractivity (Wildman–Crippen MR) is 79.7 cm³/mol. The van der Waals surface area contributed by atoms with Crippen molar-refractivity contribution in [2.75, 3.05) is 11.1 Å². The molecular formula is C14H12BrF3N2O. The van der Waals surface area contributed by atoms with Crippen molar-refractivity contribution in [1.29, 1.82) is 0 Å². The molecule has 0 heterocycles. The molecule has 0 radical (unpaired) electrons. The van der Waals surface area contributed by atoms with E-state index in [9.17, 15) is 13.2 Å². The Labute approximate surface area is 128 Å². The summed E-state index contributed by atoms with van der Waals surface area (Å²) < 4.78 is 41.9. The van der Waals surface area contributed by atoms with Crippen molar-refractivity contribution in [3.05, 3.63) is 46.4 Å². The number of halogens is 4. The third-order valence-corrected chi connectivity index (χ3v) is 3.31. The summed E-state index contributed by atoms with van der Waals surface area (Å²) in [6.45, 7) is 1.78. The van der Waals surface area contributed by atoms with Gasteiger partial charge in [0.2, 0.25) is 0 Å². The number of nitrogens with one attached hydrogen (secondary N) is 1. The molecule has 0 bridgehead atoms. The molecule has 0 aromatic heterocycles. The van der Waals surface area contributed by atoms with Gasteiger partial charge in [0.1, 0.15) is 0 Å². The highest BCUT2D eigenvalue weighted by Crippen LogP contribution is 2.35. The second-order valence-corrected chi connectivity index (χ2v) is 5.25. The van der Waals surface area contributed by atoms with Crippen molar-refractivity contribution < 1.29 is 17.9 Å². The third-order valence-electron chi connectivity index (χ3n) is 2.81. The normalized spacial score (nSPS) is 11.3. The van der Waals surface area contributed by atoms with E-state index in [1.165, 1.54) is 12.1 Å². The molecule has 0 atom stereocenters. The van der Waals surface area contributed by atoms with Crippen molar-refractivity contribution in [3.63, 3.8) is 0 Å². The summed E-state index contributed by atoms with van der Waals surface area (Å²) in [5.41, 5.74) is 7.89. The van der Waals surface area contributed by atoms with Crippen molar-refractivity contribution in [2.24, 2.45) is 0 Å². The van der Waals surface area contributed by atoms with Gasteiger partial charge in [0.15, 0.2) is 5.75 Å². The maximum Gasteiger partial charge on any atom is 0.573 e. The summed E-state index contributed by atoms with van der Waals surface area (Å²) in [4.78, 5) is 0. The molecule has 0 amide bonds. The summed E-state index contributed by atoms with van der Waals surface area (Å²) in [6, 6.07) is 9.52. The van der Waals surface area contributed by atoms with E-state index < -0.39 is 6.36 Å². The van der Waals surface area contributed by atoms with Crippen LogP contribution in [0.4, 0.5) is 30.2 Å². The van der Waals surface area contributed by atoms with Crippen molar-refractivity contribution >= 4 is 33.0 Å². The molecule has 0 aliphatic rings. The van der Waals surface area contributed by atoms with E-state index in [1.54, 1.807) is 31.2 Å². The molecule has 0 saturated heterocycles. The van der Waals surface area contributed by atoms with Gasteiger partial charge in [0.05, 0.1) is 5.69 Å². The van der Waals surface area contributed by atoms with Crippen LogP contribution in [0.1, 0.15) is 5.56 Å². The molecule has 0 saturated carbocycles. The van der Waals surface area contributed by atoms with Crippen LogP contribution in [-0.4, -0.2) is 6.36 Å². The first-order chi connectivity index (χ1) is 9.76. The largest absolute Gasteiger partial charge is 0.573 e. The summed E-state index contributed by atoms with van der Waals surface area (Å²) in [5.74, 6) is -0.321. The van der Waals surface area contributed by atoms with E-state index in [0.29, 0.717) is 15.8 Å². The van der Waals surface area contributed by atoms with Gasteiger partial charge in [0.25, 0.3) is 0 Å². The van der Waals surface area contributed by atoms with Gasteiger partial charge >= 0.3 is 6.36 Å². The Morgan fingerprint density at radius 3 is 2.52 bits per heavy atom. The van der Waals surface area contributed by atoms with Gasteiger partial charge in [-0.05, 0) is 42.8 Å². The molecule has 3 nitrogen and oxygen atoms in total. The molecule has 2 aromatic rings. The Hall–Kier alpha value is -1.89. The van der Waals surface area contributed by atoms with Gasteiger partial charge < -0.3 is 15.8 Å². The number of nitrogen functional groups attached to an aromatic ring is 1. The van der Waals surface area contributed by atoms with Gasteiger partial charge in [-0.3, -0.25) is 0 Å². The van der Waals surface area contributed by atoms with Crippen LogP contribution in [0.2, 0.25) is 0 Å². The molecule has 0 unspecified atom stereocenters. The lowest BCUT2D eigenvalue weighted by molar-refractivity contribution is -0.274. The van der Waals surface area contributed by atoms with Gasteiger partial charge in [-0.2, -0.15) is 0 Å². The average Bonchev–Trinajstić information content (AvgIpc) is 2.36. The summed E-state index contributed by atoms with van der Waals surface area (Å²) in [5, 5.41) is 2.91. The first-order valence-corrected chi connectivity index (χ1v) is 6.73. The second-order valence-electron chi connectivity index (χ2n) is 4.33. The fourth-order valence-corrected chi connectivity index (χ4v) is 2.08. The van der Waals surface area contributed by atoms with Crippen molar-refractivity contribution in [3.8, 4) is 5.75 Å². The predicted octanol–water partition coefficient (Wildman–Crippen LogP) is 4.98. The first kappa shape index (κ1) is 15.5. The molecule has 0 spiro atoms. The van der Waals surface area contributed by atoms with Crippen LogP contribution in [0.25, 0.3) is 0 Å². The molecule has 7 heteroatoms. The van der Waals surface area contributed by atoms with Gasteiger partial charge in [-0.25, -0.2) is 0 Å². The summed E-state index contributed by atoms with van der Waals surface area (Å²) in [7, 11) is 0. The first-order valence-electron chi connectivity index (χ1n) is 5.93. The Morgan fingerprint density at radius 2 is 1.86 bits per heavy atom. The molecule has 2 aromatic carbocycles. The number of nitrogens with two attached hydrogens (primary N) is 1. The monoisotopic (exact) mass is 360 g/mol. The lowest BCUT2D eigenvalue weighted by Gasteiger charge is -2.16. The Balaban J connectivity index is 2.37. The molecule has 0 aliphatic carbocycles. The van der Waals surface area contributed by atoms with Crippen LogP contribution in [-0.2, 0) is 0 Å². The highest BCUT2D eigenvalue weighted by atomic mass is 79.9. The summed E-state index contributed by atoms with van der Waals surface area (Å²) >= 11 is 3.12. The zero-order chi connectivity index (χ0) is 15.6. The lowest BCUT2D eigenvalue weighted by atomic mass is 10.1. The highest BCUT2D eigenvalue weighted by Gasteiger charge is 2.32. The molecule has 2 rings (SSSR count). The van der Waals surface area contributed by atoms with E-state index in [4.69, 9.17) is 5.73 Å². The number of rotatable bonds is 3. The number of alkyl halides is 3. The minimum Gasteiger partial charge on any atom is -0.404 e. The van der Waals surface area contributed by atoms with E-state index in [0.717, 1.165) is 5.56 Å². The van der Waals surface area contributed by atoms with E-state index in [2.05, 4.69) is 26.0 Å². The number of anilines is 3. The fraction of sp³-hybridized carbons (Fsp3) is 0.143. The number of hydrogen-bond donors (Lipinski definition) is 2. The zero-order valence-electron chi connectivity index (χ0n) is 11.0. The molecule has 3 N–H and O–H groups in total. The molecule has 0 fully saturated rings. The smallest absolute Gasteiger partial charge is 0.404 e. The van der Waals surface area contributed by atoms with Crippen LogP contribution in [0, 0.1) is 6.92 Å². The lowest BCUT2D eigenvalue weighted by Crippen LogP contribution is -2.18. The molecule has 21 heavy (non-hydrogen) atoms. The Morgan fingerprint density at radius 1 is 1.14 bits per heavy atom. The second kappa shape index (κ2) is 5.85. The number of benzene rings is 2. The maximum absolute atomic E-state index is 12.4. The fourth-order valence-electron chi connectivity index (χ4n) is 1.74. The van der Waals surface area contributed by atoms with Crippen molar-refractivity contribution in [2.45, 2.75) is 13.3 Å². The minimum atomic E-state index is -4.76. The zero-order valence-corrected chi connectivity index (χ0v) is 12.5. The SMILES string of the molecule is Cc1c(N)cccc1Nc1ccc(Br)cc1OC(F)(F)F. The van der Waals surface area contributed by atoms with Crippen LogP contribution in [0.5, 0.6) is 5.75 Å². The quantitative estimate of drug-likeness (QED) is 0.758. The molecular weight excluding hydrogens is 349 g/mol. The van der Waals surface area contributed by atoms with Gasteiger partial charge in [0, 0.05) is 15.8 Å². The Bertz CT molecular complexity index is 659. The van der Waals surface area contributed by atoms with Gasteiger partial charge in [-0.1, -0.05) is 22.0 Å². The molecule has 0 aliphatic heterocycles. The topological polar surface area (TPSA) is 47.3 Å². The number of ether oxygens (including phenoxy) is 1. The van der Waals surface area contributed by atoms with Gasteiger partial charge in [-0.15, -0.1) is 13.2 Å². The Kier molecular flexibility index (Phi) is 4.32. The minimum absolute atomic E-state index is 0.198. The third kappa shape index (κ3) is 4.04. The number of hydrogen-bond acceptors (Lipinski definition) is 3. The van der Waals surface area contributed by atoms with Crippen LogP contribution < -0.4 is 15.8 Å².